The Morgan fingerprint density at radius 1 is 1.14 bits per heavy atom. The molecular formula is C26H25N7O2. The van der Waals surface area contributed by atoms with Crippen LogP contribution in [0.2, 0.25) is 0 Å². The summed E-state index contributed by atoms with van der Waals surface area (Å²) < 4.78 is 5.94. The van der Waals surface area contributed by atoms with Crippen molar-refractivity contribution in [3.63, 3.8) is 0 Å². The maximum Gasteiger partial charge on any atom is 0.239 e. The molecule has 5 rings (SSSR count). The topological polar surface area (TPSA) is 111 Å². The molecule has 4 heterocycles. The van der Waals surface area contributed by atoms with Crippen molar-refractivity contribution in [1.29, 1.82) is 5.26 Å². The molecule has 0 bridgehead atoms. The number of hydrogen-bond acceptors (Lipinski definition) is 7. The zero-order valence-electron chi connectivity index (χ0n) is 19.4. The van der Waals surface area contributed by atoms with E-state index in [9.17, 15) is 4.79 Å². The Balaban J connectivity index is 1.20. The van der Waals surface area contributed by atoms with Crippen molar-refractivity contribution < 1.29 is 9.53 Å². The number of benzene rings is 1. The smallest absolute Gasteiger partial charge is 0.239 e. The number of nitriles is 1. The zero-order chi connectivity index (χ0) is 24.2. The van der Waals surface area contributed by atoms with Gasteiger partial charge in [-0.25, -0.2) is 4.98 Å². The zero-order valence-corrected chi connectivity index (χ0v) is 19.4. The normalized spacial score (nSPS) is 15.0. The SMILES string of the molecule is CC(C#N)C(=O)N1CCN(Cc2ccc3cc(Oc4ccc(-c5ccn[nH]5)cn4)ccc3n2)CC1. The van der Waals surface area contributed by atoms with E-state index in [4.69, 9.17) is 15.0 Å². The fourth-order valence-corrected chi connectivity index (χ4v) is 4.12. The molecule has 0 aliphatic carbocycles. The molecule has 1 fully saturated rings. The third-order valence-electron chi connectivity index (χ3n) is 6.12. The first-order valence-electron chi connectivity index (χ1n) is 11.5. The Morgan fingerprint density at radius 3 is 2.71 bits per heavy atom. The van der Waals surface area contributed by atoms with E-state index >= 15 is 0 Å². The van der Waals surface area contributed by atoms with Gasteiger partial charge in [0.05, 0.1) is 23.0 Å². The molecule has 1 amide bonds. The molecule has 176 valence electrons. The van der Waals surface area contributed by atoms with Gasteiger partial charge >= 0.3 is 0 Å². The van der Waals surface area contributed by atoms with Gasteiger partial charge in [-0.05, 0) is 43.3 Å². The molecule has 1 aromatic carbocycles. The molecule has 4 aromatic rings. The highest BCUT2D eigenvalue weighted by Crippen LogP contribution is 2.26. The molecule has 0 radical (unpaired) electrons. The van der Waals surface area contributed by atoms with Gasteiger partial charge in [-0.15, -0.1) is 0 Å². The number of carbonyl (C=O) groups is 1. The second-order valence-electron chi connectivity index (χ2n) is 8.57. The number of nitrogens with zero attached hydrogens (tertiary/aromatic N) is 6. The largest absolute Gasteiger partial charge is 0.439 e. The summed E-state index contributed by atoms with van der Waals surface area (Å²) in [4.78, 5) is 25.5. The number of fused-ring (bicyclic) bond motifs is 1. The maximum atomic E-state index is 12.2. The predicted molar refractivity (Wildman–Crippen MR) is 130 cm³/mol. The third kappa shape index (κ3) is 5.13. The van der Waals surface area contributed by atoms with Crippen molar-refractivity contribution in [3.8, 4) is 29.0 Å². The van der Waals surface area contributed by atoms with Crippen molar-refractivity contribution in [2.75, 3.05) is 26.2 Å². The molecule has 1 N–H and O–H groups in total. The lowest BCUT2D eigenvalue weighted by atomic mass is 10.1. The van der Waals surface area contributed by atoms with E-state index in [1.165, 1.54) is 0 Å². The highest BCUT2D eigenvalue weighted by molar-refractivity contribution is 5.81. The van der Waals surface area contributed by atoms with E-state index < -0.39 is 5.92 Å². The van der Waals surface area contributed by atoms with E-state index in [0.717, 1.165) is 47.5 Å². The van der Waals surface area contributed by atoms with E-state index in [2.05, 4.69) is 20.1 Å². The number of nitrogens with one attached hydrogen (secondary N) is 1. The molecule has 35 heavy (non-hydrogen) atoms. The van der Waals surface area contributed by atoms with Crippen LogP contribution in [-0.4, -0.2) is 62.1 Å². The number of ether oxygens (including phenoxy) is 1. The quantitative estimate of drug-likeness (QED) is 0.461. The highest BCUT2D eigenvalue weighted by Gasteiger charge is 2.24. The first-order chi connectivity index (χ1) is 17.1. The number of amides is 1. The van der Waals surface area contributed by atoms with Crippen LogP contribution in [0.25, 0.3) is 22.2 Å². The molecule has 1 aliphatic heterocycles. The van der Waals surface area contributed by atoms with Crippen molar-refractivity contribution in [2.24, 2.45) is 5.92 Å². The van der Waals surface area contributed by atoms with Gasteiger partial charge in [0.15, 0.2) is 0 Å². The average Bonchev–Trinajstić information content (AvgIpc) is 3.44. The fraction of sp³-hybridized carbons (Fsp3) is 0.269. The van der Waals surface area contributed by atoms with Gasteiger partial charge in [-0.3, -0.25) is 19.8 Å². The molecule has 1 unspecified atom stereocenters. The second kappa shape index (κ2) is 9.91. The molecule has 9 heteroatoms. The number of rotatable bonds is 6. The molecule has 1 saturated heterocycles. The summed E-state index contributed by atoms with van der Waals surface area (Å²) in [5, 5.41) is 16.8. The minimum atomic E-state index is -0.588. The van der Waals surface area contributed by atoms with Crippen molar-refractivity contribution in [3.05, 3.63) is 66.6 Å². The Morgan fingerprint density at radius 2 is 2.00 bits per heavy atom. The molecular weight excluding hydrogens is 442 g/mol. The molecule has 0 saturated carbocycles. The van der Waals surface area contributed by atoms with Gasteiger partial charge in [-0.2, -0.15) is 10.4 Å². The summed E-state index contributed by atoms with van der Waals surface area (Å²) in [5.74, 6) is 0.535. The van der Waals surface area contributed by atoms with Crippen LogP contribution in [-0.2, 0) is 11.3 Å². The van der Waals surface area contributed by atoms with E-state index in [1.54, 1.807) is 24.2 Å². The fourth-order valence-electron chi connectivity index (χ4n) is 4.12. The summed E-state index contributed by atoms with van der Waals surface area (Å²) in [6.45, 7) is 5.17. The highest BCUT2D eigenvalue weighted by atomic mass is 16.5. The molecule has 1 aliphatic rings. The second-order valence-corrected chi connectivity index (χ2v) is 8.57. The van der Waals surface area contributed by atoms with Gasteiger partial charge in [0.25, 0.3) is 0 Å². The Hall–Kier alpha value is -4.29. The van der Waals surface area contributed by atoms with Crippen LogP contribution >= 0.6 is 0 Å². The van der Waals surface area contributed by atoms with Crippen molar-refractivity contribution in [2.45, 2.75) is 13.5 Å². The molecule has 1 atom stereocenters. The minimum Gasteiger partial charge on any atom is -0.439 e. The number of H-pyrrole nitrogens is 1. The predicted octanol–water partition coefficient (Wildman–Crippen LogP) is 3.62. The lowest BCUT2D eigenvalue weighted by Gasteiger charge is -2.35. The average molecular weight is 468 g/mol. The molecule has 0 spiro atoms. The van der Waals surface area contributed by atoms with Gasteiger partial charge in [0.2, 0.25) is 11.8 Å². The van der Waals surface area contributed by atoms with Gasteiger partial charge in [-0.1, -0.05) is 6.07 Å². The lowest BCUT2D eigenvalue weighted by Crippen LogP contribution is -2.49. The first-order valence-corrected chi connectivity index (χ1v) is 11.5. The monoisotopic (exact) mass is 467 g/mol. The van der Waals surface area contributed by atoms with Crippen LogP contribution in [0.15, 0.2) is 60.9 Å². The number of piperazine rings is 1. The van der Waals surface area contributed by atoms with Crippen LogP contribution in [0.4, 0.5) is 0 Å². The first kappa shape index (κ1) is 22.5. The van der Waals surface area contributed by atoms with Gasteiger partial charge in [0.1, 0.15) is 11.7 Å². The van der Waals surface area contributed by atoms with Gasteiger partial charge < -0.3 is 9.64 Å². The van der Waals surface area contributed by atoms with Crippen molar-refractivity contribution >= 4 is 16.8 Å². The number of carbonyl (C=O) groups excluding carboxylic acids is 1. The number of aromatic amines is 1. The Kier molecular flexibility index (Phi) is 6.37. The Bertz CT molecular complexity index is 1350. The van der Waals surface area contributed by atoms with Crippen LogP contribution in [0, 0.1) is 17.2 Å². The standard InChI is InChI=1S/C26H25N7O2/c1-18(15-27)26(34)33-12-10-32(11-13-33)17-21-4-2-19-14-22(5-6-23(19)30-21)35-25-7-3-20(16-28-25)24-8-9-29-31-24/h2-9,14,16,18H,10-13,17H2,1H3,(H,29,31). The number of hydrogen-bond donors (Lipinski definition) is 1. The van der Waals surface area contributed by atoms with Crippen LogP contribution in [0.5, 0.6) is 11.6 Å². The van der Waals surface area contributed by atoms with E-state index in [1.807, 2.05) is 54.6 Å². The molecule has 3 aromatic heterocycles. The summed E-state index contributed by atoms with van der Waals surface area (Å²) in [5.41, 5.74) is 3.72. The number of pyridine rings is 2. The van der Waals surface area contributed by atoms with E-state index in [-0.39, 0.29) is 5.91 Å². The van der Waals surface area contributed by atoms with Crippen molar-refractivity contribution in [1.82, 2.24) is 30.0 Å². The summed E-state index contributed by atoms with van der Waals surface area (Å²) in [6, 6.07) is 17.6. The van der Waals surface area contributed by atoms with Gasteiger partial charge in [0, 0.05) is 62.1 Å². The summed E-state index contributed by atoms with van der Waals surface area (Å²) >= 11 is 0. The van der Waals surface area contributed by atoms with E-state index in [0.29, 0.717) is 24.7 Å². The Labute approximate surface area is 203 Å². The minimum absolute atomic E-state index is 0.0852. The third-order valence-corrected chi connectivity index (χ3v) is 6.12. The summed E-state index contributed by atoms with van der Waals surface area (Å²) in [7, 11) is 0. The van der Waals surface area contributed by atoms with Crippen LogP contribution < -0.4 is 4.74 Å². The molecule has 9 nitrogen and oxygen atoms in total. The summed E-state index contributed by atoms with van der Waals surface area (Å²) in [6.07, 6.45) is 3.45. The van der Waals surface area contributed by atoms with Crippen LogP contribution in [0.1, 0.15) is 12.6 Å². The lowest BCUT2D eigenvalue weighted by molar-refractivity contribution is -0.135. The van der Waals surface area contributed by atoms with Crippen LogP contribution in [0.3, 0.4) is 0 Å². The number of aromatic nitrogens is 4. The maximum absolute atomic E-state index is 12.2.